The highest BCUT2D eigenvalue weighted by Gasteiger charge is 2.28. The third-order valence-electron chi connectivity index (χ3n) is 6.69. The molecule has 0 spiro atoms. The van der Waals surface area contributed by atoms with E-state index in [2.05, 4.69) is 17.4 Å². The van der Waals surface area contributed by atoms with Gasteiger partial charge in [0.15, 0.2) is 5.76 Å². The van der Waals surface area contributed by atoms with E-state index in [1.165, 1.54) is 6.26 Å². The summed E-state index contributed by atoms with van der Waals surface area (Å²) in [4.78, 5) is 28.0. The lowest BCUT2D eigenvalue weighted by molar-refractivity contribution is 0.0696. The third kappa shape index (κ3) is 5.10. The van der Waals surface area contributed by atoms with Crippen molar-refractivity contribution in [2.45, 2.75) is 39.3 Å². The minimum atomic E-state index is -0.203. The summed E-state index contributed by atoms with van der Waals surface area (Å²) in [5, 5.41) is 7.86. The molecule has 2 amide bonds. The summed E-state index contributed by atoms with van der Waals surface area (Å²) in [7, 11) is 0. The highest BCUT2D eigenvalue weighted by Crippen LogP contribution is 2.26. The van der Waals surface area contributed by atoms with Gasteiger partial charge in [-0.2, -0.15) is 5.10 Å². The van der Waals surface area contributed by atoms with Gasteiger partial charge in [0, 0.05) is 36.5 Å². The highest BCUT2D eigenvalue weighted by atomic mass is 16.3. The molecule has 7 nitrogen and oxygen atoms in total. The average molecular weight is 483 g/mol. The average Bonchev–Trinajstić information content (AvgIpc) is 3.51. The molecule has 0 unspecified atom stereocenters. The van der Waals surface area contributed by atoms with E-state index >= 15 is 0 Å². The van der Waals surface area contributed by atoms with Crippen LogP contribution in [-0.2, 0) is 6.54 Å². The zero-order valence-corrected chi connectivity index (χ0v) is 20.6. The number of nitrogens with one attached hydrogen (secondary N) is 1. The van der Waals surface area contributed by atoms with Crippen LogP contribution in [0, 0.1) is 13.8 Å². The minimum absolute atomic E-state index is 0.00317. The van der Waals surface area contributed by atoms with Crippen molar-refractivity contribution in [1.82, 2.24) is 20.0 Å². The number of carbonyl (C=O) groups is 2. The molecule has 2 aromatic heterocycles. The van der Waals surface area contributed by atoms with Crippen LogP contribution in [0.3, 0.4) is 0 Å². The van der Waals surface area contributed by atoms with Gasteiger partial charge in [0.2, 0.25) is 0 Å². The minimum Gasteiger partial charge on any atom is -0.459 e. The van der Waals surface area contributed by atoms with Crippen LogP contribution in [-0.4, -0.2) is 45.6 Å². The summed E-state index contributed by atoms with van der Waals surface area (Å²) in [6.45, 7) is 5.62. The van der Waals surface area contributed by atoms with E-state index in [0.29, 0.717) is 49.5 Å². The molecule has 0 atom stereocenters. The molecule has 1 aliphatic rings. The fraction of sp³-hybridized carbons (Fsp3) is 0.276. The molecule has 1 fully saturated rings. The Morgan fingerprint density at radius 3 is 2.39 bits per heavy atom. The van der Waals surface area contributed by atoms with E-state index in [0.717, 1.165) is 22.3 Å². The van der Waals surface area contributed by atoms with Crippen LogP contribution < -0.4 is 5.32 Å². The Bertz CT molecular complexity index is 1350. The lowest BCUT2D eigenvalue weighted by Crippen LogP contribution is -2.46. The molecule has 1 N–H and O–H groups in total. The van der Waals surface area contributed by atoms with Crippen molar-refractivity contribution in [1.29, 1.82) is 0 Å². The monoisotopic (exact) mass is 482 g/mol. The van der Waals surface area contributed by atoms with Gasteiger partial charge in [0.25, 0.3) is 11.8 Å². The normalized spacial score (nSPS) is 14.1. The zero-order valence-electron chi connectivity index (χ0n) is 20.6. The Labute approximate surface area is 210 Å². The van der Waals surface area contributed by atoms with Crippen LogP contribution in [0.15, 0.2) is 77.5 Å². The van der Waals surface area contributed by atoms with E-state index in [9.17, 15) is 9.59 Å². The van der Waals surface area contributed by atoms with Gasteiger partial charge in [-0.25, -0.2) is 0 Å². The number of amides is 2. The largest absolute Gasteiger partial charge is 0.459 e. The molecule has 7 heteroatoms. The number of likely N-dealkylation sites (tertiary alicyclic amines) is 1. The fourth-order valence-electron chi connectivity index (χ4n) is 4.61. The van der Waals surface area contributed by atoms with Crippen LogP contribution in [0.1, 0.15) is 50.4 Å². The zero-order chi connectivity index (χ0) is 25.1. The molecule has 0 bridgehead atoms. The van der Waals surface area contributed by atoms with Gasteiger partial charge in [-0.3, -0.25) is 14.3 Å². The molecule has 184 valence electrons. The van der Waals surface area contributed by atoms with Crippen molar-refractivity contribution in [3.05, 3.63) is 101 Å². The number of nitrogens with zero attached hydrogens (tertiary/aromatic N) is 3. The maximum atomic E-state index is 13.7. The summed E-state index contributed by atoms with van der Waals surface area (Å²) in [6.07, 6.45) is 4.76. The van der Waals surface area contributed by atoms with Gasteiger partial charge in [-0.1, -0.05) is 60.2 Å². The molecule has 5 rings (SSSR count). The second-order valence-electron chi connectivity index (χ2n) is 9.41. The van der Waals surface area contributed by atoms with E-state index in [-0.39, 0.29) is 17.9 Å². The van der Waals surface area contributed by atoms with Gasteiger partial charge in [0.1, 0.15) is 5.69 Å². The number of aryl methyl sites for hydroxylation is 2. The Hall–Kier alpha value is -4.13. The summed E-state index contributed by atoms with van der Waals surface area (Å²) in [5.41, 5.74) is 5.31. The smallest absolute Gasteiger partial charge is 0.287 e. The number of carbonyl (C=O) groups excluding carboxylic acids is 2. The van der Waals surface area contributed by atoms with E-state index in [1.807, 2.05) is 72.1 Å². The van der Waals surface area contributed by atoms with Gasteiger partial charge < -0.3 is 14.6 Å². The third-order valence-corrected chi connectivity index (χ3v) is 6.69. The second-order valence-corrected chi connectivity index (χ2v) is 9.41. The molecule has 1 aliphatic heterocycles. The molecule has 0 saturated carbocycles. The van der Waals surface area contributed by atoms with Crippen molar-refractivity contribution in [3.8, 4) is 11.3 Å². The summed E-state index contributed by atoms with van der Waals surface area (Å²) < 4.78 is 7.15. The molecule has 0 radical (unpaired) electrons. The van der Waals surface area contributed by atoms with Crippen molar-refractivity contribution in [2.24, 2.45) is 0 Å². The predicted molar refractivity (Wildman–Crippen MR) is 138 cm³/mol. The molecule has 1 saturated heterocycles. The van der Waals surface area contributed by atoms with Crippen LogP contribution in [0.5, 0.6) is 0 Å². The van der Waals surface area contributed by atoms with Gasteiger partial charge in [-0.15, -0.1) is 0 Å². The predicted octanol–water partition coefficient (Wildman–Crippen LogP) is 4.84. The van der Waals surface area contributed by atoms with Crippen molar-refractivity contribution in [3.63, 3.8) is 0 Å². The second kappa shape index (κ2) is 10.2. The number of hydrogen-bond donors (Lipinski definition) is 1. The lowest BCUT2D eigenvalue weighted by Gasteiger charge is -2.32. The number of rotatable bonds is 6. The molecule has 4 aromatic rings. The van der Waals surface area contributed by atoms with Gasteiger partial charge in [-0.05, 0) is 38.3 Å². The van der Waals surface area contributed by atoms with Crippen molar-refractivity contribution < 1.29 is 14.0 Å². The first-order valence-electron chi connectivity index (χ1n) is 12.3. The SMILES string of the molecule is Cc1ccc(-c2nn(Cc3ccccc3)cc2C(=O)N2CCC(NC(=O)c3occc3C)CC2)cc1. The quantitative estimate of drug-likeness (QED) is 0.426. The molecule has 0 aliphatic carbocycles. The summed E-state index contributed by atoms with van der Waals surface area (Å²) in [5.74, 6) is 0.116. The Morgan fingerprint density at radius 2 is 1.72 bits per heavy atom. The number of hydrogen-bond acceptors (Lipinski definition) is 4. The molecular formula is C29H30N4O3. The number of benzene rings is 2. The molecule has 36 heavy (non-hydrogen) atoms. The van der Waals surface area contributed by atoms with Crippen LogP contribution in [0.4, 0.5) is 0 Å². The summed E-state index contributed by atoms with van der Waals surface area (Å²) >= 11 is 0. The van der Waals surface area contributed by atoms with E-state index in [1.54, 1.807) is 6.07 Å². The first kappa shape index (κ1) is 23.6. The fourth-order valence-corrected chi connectivity index (χ4v) is 4.61. The van der Waals surface area contributed by atoms with Crippen molar-refractivity contribution >= 4 is 11.8 Å². The van der Waals surface area contributed by atoms with Gasteiger partial charge in [0.05, 0.1) is 18.4 Å². The number of aromatic nitrogens is 2. The first-order chi connectivity index (χ1) is 17.5. The lowest BCUT2D eigenvalue weighted by atomic mass is 10.0. The van der Waals surface area contributed by atoms with Crippen molar-refractivity contribution in [2.75, 3.05) is 13.1 Å². The molecular weight excluding hydrogens is 452 g/mol. The Morgan fingerprint density at radius 1 is 1.00 bits per heavy atom. The Balaban J connectivity index is 1.32. The number of piperidine rings is 1. The molecule has 3 heterocycles. The summed E-state index contributed by atoms with van der Waals surface area (Å²) in [6, 6.07) is 20.0. The topological polar surface area (TPSA) is 80.4 Å². The standard InChI is InChI=1S/C29H30N4O3/c1-20-8-10-23(11-9-20)26-25(19-33(31-26)18-22-6-4-3-5-7-22)29(35)32-15-12-24(13-16-32)30-28(34)27-21(2)14-17-36-27/h3-11,14,17,19,24H,12-13,15-16,18H2,1-2H3,(H,30,34). The highest BCUT2D eigenvalue weighted by molar-refractivity contribution is 6.00. The maximum Gasteiger partial charge on any atom is 0.287 e. The van der Waals surface area contributed by atoms with Crippen LogP contribution in [0.25, 0.3) is 11.3 Å². The maximum absolute atomic E-state index is 13.7. The van der Waals surface area contributed by atoms with E-state index in [4.69, 9.17) is 9.52 Å². The number of furan rings is 1. The van der Waals surface area contributed by atoms with E-state index < -0.39 is 0 Å². The first-order valence-corrected chi connectivity index (χ1v) is 12.3. The molecule has 2 aromatic carbocycles. The van der Waals surface area contributed by atoms with Crippen LogP contribution >= 0.6 is 0 Å². The van der Waals surface area contributed by atoms with Crippen LogP contribution in [0.2, 0.25) is 0 Å². The van der Waals surface area contributed by atoms with Gasteiger partial charge >= 0.3 is 0 Å². The Kier molecular flexibility index (Phi) is 6.71.